The van der Waals surface area contributed by atoms with Crippen molar-refractivity contribution in [3.63, 3.8) is 0 Å². The lowest BCUT2D eigenvalue weighted by atomic mass is 10.1. The van der Waals surface area contributed by atoms with Crippen molar-refractivity contribution in [2.45, 2.75) is 12.8 Å². The zero-order chi connectivity index (χ0) is 8.27. The van der Waals surface area contributed by atoms with Crippen molar-refractivity contribution in [1.82, 2.24) is 4.37 Å². The second-order valence-corrected chi connectivity index (χ2v) is 2.86. The van der Waals surface area contributed by atoms with Crippen LogP contribution >= 0.6 is 11.5 Å². The van der Waals surface area contributed by atoms with E-state index in [0.717, 1.165) is 5.56 Å². The maximum Gasteiger partial charge on any atom is 0.312 e. The van der Waals surface area contributed by atoms with E-state index in [1.807, 2.05) is 5.38 Å². The topological polar surface area (TPSA) is 39.2 Å². The Kier molecular flexibility index (Phi) is 2.59. The molecule has 0 bridgehead atoms. The highest BCUT2D eigenvalue weighted by molar-refractivity contribution is 7.03. The Morgan fingerprint density at radius 2 is 2.55 bits per heavy atom. The second-order valence-electron chi connectivity index (χ2n) is 2.20. The number of rotatable bonds is 2. The van der Waals surface area contributed by atoms with Gasteiger partial charge < -0.3 is 4.74 Å². The smallest absolute Gasteiger partial charge is 0.312 e. The third-order valence-corrected chi connectivity index (χ3v) is 2.11. The van der Waals surface area contributed by atoms with Gasteiger partial charge in [-0.05, 0) is 24.0 Å². The first-order valence-corrected chi connectivity index (χ1v) is 4.06. The lowest BCUT2D eigenvalue weighted by molar-refractivity contribution is -0.141. The van der Waals surface area contributed by atoms with Gasteiger partial charge in [-0.25, -0.2) is 4.37 Å². The minimum absolute atomic E-state index is 0.196. The van der Waals surface area contributed by atoms with E-state index >= 15 is 0 Å². The van der Waals surface area contributed by atoms with Crippen LogP contribution < -0.4 is 0 Å². The maximum atomic E-state index is 11.0. The summed E-state index contributed by atoms with van der Waals surface area (Å²) in [5.41, 5.74) is 0.918. The first-order valence-electron chi connectivity index (χ1n) is 3.23. The first kappa shape index (κ1) is 8.20. The Labute approximate surface area is 69.2 Å². The van der Waals surface area contributed by atoms with Gasteiger partial charge in [0, 0.05) is 11.6 Å². The Bertz CT molecular complexity index is 233. The number of carbonyl (C=O) groups excluding carboxylic acids is 1. The van der Waals surface area contributed by atoms with Crippen molar-refractivity contribution in [3.05, 3.63) is 17.1 Å². The average Bonchev–Trinajstić information content (AvgIpc) is 2.53. The molecule has 4 heteroatoms. The van der Waals surface area contributed by atoms with Crippen LogP contribution in [0, 0.1) is 0 Å². The van der Waals surface area contributed by atoms with Crippen LogP contribution in [-0.2, 0) is 9.53 Å². The molecule has 0 saturated heterocycles. The third kappa shape index (κ3) is 1.77. The zero-order valence-electron chi connectivity index (χ0n) is 6.40. The van der Waals surface area contributed by atoms with Crippen molar-refractivity contribution in [1.29, 1.82) is 0 Å². The summed E-state index contributed by atoms with van der Waals surface area (Å²) in [4.78, 5) is 11.0. The Morgan fingerprint density at radius 1 is 1.82 bits per heavy atom. The van der Waals surface area contributed by atoms with Crippen LogP contribution in [-0.4, -0.2) is 17.5 Å². The van der Waals surface area contributed by atoms with Gasteiger partial charge in [-0.2, -0.15) is 0 Å². The highest BCUT2D eigenvalue weighted by atomic mass is 32.1. The fourth-order valence-corrected chi connectivity index (χ4v) is 1.37. The summed E-state index contributed by atoms with van der Waals surface area (Å²) in [6.07, 6.45) is 1.69. The summed E-state index contributed by atoms with van der Waals surface area (Å²) < 4.78 is 8.47. The van der Waals surface area contributed by atoms with Gasteiger partial charge in [0.15, 0.2) is 0 Å². The molecule has 11 heavy (non-hydrogen) atoms. The minimum Gasteiger partial charge on any atom is -0.469 e. The fraction of sp³-hybridized carbons (Fsp3) is 0.429. The van der Waals surface area contributed by atoms with Crippen LogP contribution in [0.25, 0.3) is 0 Å². The van der Waals surface area contributed by atoms with Gasteiger partial charge in [0.1, 0.15) is 0 Å². The SMILES string of the molecule is COC(=O)C(C)c1cnsc1. The van der Waals surface area contributed by atoms with E-state index in [4.69, 9.17) is 0 Å². The molecule has 0 aliphatic heterocycles. The van der Waals surface area contributed by atoms with Gasteiger partial charge in [0.2, 0.25) is 0 Å². The summed E-state index contributed by atoms with van der Waals surface area (Å²) in [7, 11) is 1.39. The number of nitrogens with zero attached hydrogens (tertiary/aromatic N) is 1. The number of aromatic nitrogens is 1. The summed E-state index contributed by atoms with van der Waals surface area (Å²) in [6.45, 7) is 1.80. The summed E-state index contributed by atoms with van der Waals surface area (Å²) in [6, 6.07) is 0. The predicted molar refractivity (Wildman–Crippen MR) is 42.5 cm³/mol. The molecular weight excluding hydrogens is 162 g/mol. The largest absolute Gasteiger partial charge is 0.469 e. The van der Waals surface area contributed by atoms with E-state index in [9.17, 15) is 4.79 Å². The lowest BCUT2D eigenvalue weighted by Crippen LogP contribution is -2.09. The molecule has 60 valence electrons. The molecule has 0 radical (unpaired) electrons. The molecule has 3 nitrogen and oxygen atoms in total. The quantitative estimate of drug-likeness (QED) is 0.632. The molecule has 0 aliphatic rings. The van der Waals surface area contributed by atoms with E-state index in [2.05, 4.69) is 9.11 Å². The molecule has 0 N–H and O–H groups in total. The molecule has 1 unspecified atom stereocenters. The van der Waals surface area contributed by atoms with Crippen LogP contribution in [0.15, 0.2) is 11.6 Å². The molecule has 0 spiro atoms. The lowest BCUT2D eigenvalue weighted by Gasteiger charge is -2.04. The number of ether oxygens (including phenoxy) is 1. The van der Waals surface area contributed by atoms with Crippen LogP contribution in [0.5, 0.6) is 0 Å². The van der Waals surface area contributed by atoms with Crippen molar-refractivity contribution in [2.24, 2.45) is 0 Å². The van der Waals surface area contributed by atoms with Gasteiger partial charge in [-0.3, -0.25) is 4.79 Å². The molecule has 0 saturated carbocycles. The standard InChI is InChI=1S/C7H9NO2S/c1-5(7(9)10-2)6-3-8-11-4-6/h3-5H,1-2H3. The highest BCUT2D eigenvalue weighted by Gasteiger charge is 2.15. The first-order chi connectivity index (χ1) is 5.25. The predicted octanol–water partition coefficient (Wildman–Crippen LogP) is 1.42. The molecule has 0 amide bonds. The van der Waals surface area contributed by atoms with Gasteiger partial charge in [0.05, 0.1) is 13.0 Å². The Morgan fingerprint density at radius 3 is 3.00 bits per heavy atom. The van der Waals surface area contributed by atoms with Crippen molar-refractivity contribution in [2.75, 3.05) is 7.11 Å². The van der Waals surface area contributed by atoms with Gasteiger partial charge >= 0.3 is 5.97 Å². The normalized spacial score (nSPS) is 12.5. The molecule has 0 aromatic carbocycles. The molecule has 1 heterocycles. The number of esters is 1. The monoisotopic (exact) mass is 171 g/mol. The second kappa shape index (κ2) is 3.48. The Balaban J connectivity index is 2.70. The van der Waals surface area contributed by atoms with Crippen molar-refractivity contribution >= 4 is 17.5 Å². The average molecular weight is 171 g/mol. The summed E-state index contributed by atoms with van der Waals surface area (Å²) in [5.74, 6) is -0.413. The zero-order valence-corrected chi connectivity index (χ0v) is 7.22. The van der Waals surface area contributed by atoms with Gasteiger partial charge in [-0.1, -0.05) is 0 Å². The number of carbonyl (C=O) groups is 1. The van der Waals surface area contributed by atoms with Gasteiger partial charge in [-0.15, -0.1) is 0 Å². The number of methoxy groups -OCH3 is 1. The molecule has 1 aromatic heterocycles. The van der Waals surface area contributed by atoms with Crippen LogP contribution in [0.1, 0.15) is 18.4 Å². The highest BCUT2D eigenvalue weighted by Crippen LogP contribution is 2.16. The maximum absolute atomic E-state index is 11.0. The van der Waals surface area contributed by atoms with E-state index in [1.165, 1.54) is 18.6 Å². The van der Waals surface area contributed by atoms with E-state index in [0.29, 0.717) is 0 Å². The van der Waals surface area contributed by atoms with Gasteiger partial charge in [0.25, 0.3) is 0 Å². The van der Waals surface area contributed by atoms with Crippen LogP contribution in [0.2, 0.25) is 0 Å². The fourth-order valence-electron chi connectivity index (χ4n) is 0.740. The molecule has 1 aromatic rings. The Hall–Kier alpha value is -0.900. The summed E-state index contributed by atoms with van der Waals surface area (Å²) in [5, 5.41) is 1.85. The van der Waals surface area contributed by atoms with Crippen molar-refractivity contribution in [3.8, 4) is 0 Å². The van der Waals surface area contributed by atoms with Crippen molar-refractivity contribution < 1.29 is 9.53 Å². The molecular formula is C7H9NO2S. The van der Waals surface area contributed by atoms with E-state index in [-0.39, 0.29) is 11.9 Å². The molecule has 0 aliphatic carbocycles. The number of hydrogen-bond acceptors (Lipinski definition) is 4. The van der Waals surface area contributed by atoms with Crippen LogP contribution in [0.3, 0.4) is 0 Å². The minimum atomic E-state index is -0.217. The van der Waals surface area contributed by atoms with Crippen LogP contribution in [0.4, 0.5) is 0 Å². The molecule has 0 fully saturated rings. The van der Waals surface area contributed by atoms with E-state index in [1.54, 1.807) is 13.1 Å². The van der Waals surface area contributed by atoms with E-state index < -0.39 is 0 Å². The molecule has 1 atom stereocenters. The third-order valence-electron chi connectivity index (χ3n) is 1.51. The summed E-state index contributed by atoms with van der Waals surface area (Å²) >= 11 is 1.34. The molecule has 1 rings (SSSR count). The number of hydrogen-bond donors (Lipinski definition) is 0.